The average molecular weight is 471 g/mol. The van der Waals surface area contributed by atoms with Crippen LogP contribution in [-0.2, 0) is 9.53 Å². The molecule has 2 N–H and O–H groups in total. The standard InChI is InChI=1S/C28H23FN2O4/c29-22-9-3-19(4-10-22)25(33)17-35-27-26(20-7-13-24(32)14-8-20)31(28(27)34)23-11-5-18(6-12-23)21-2-1-15-30-16-21/h1-16,25-27,32-33H,17H2/t25-,26+,27+/m0/s1. The van der Waals surface area contributed by atoms with Crippen molar-refractivity contribution in [2.24, 2.45) is 0 Å². The molecule has 1 aromatic heterocycles. The van der Waals surface area contributed by atoms with Crippen molar-refractivity contribution in [2.75, 3.05) is 11.5 Å². The number of hydrogen-bond acceptors (Lipinski definition) is 5. The molecule has 7 heteroatoms. The molecule has 3 aromatic carbocycles. The predicted molar refractivity (Wildman–Crippen MR) is 129 cm³/mol. The second-order valence-corrected chi connectivity index (χ2v) is 8.35. The normalized spacial score (nSPS) is 18.2. The molecule has 4 aromatic rings. The number of aliphatic hydroxyl groups is 1. The molecule has 0 saturated carbocycles. The number of amides is 1. The minimum Gasteiger partial charge on any atom is -0.508 e. The molecule has 3 atom stereocenters. The Labute approximate surface area is 201 Å². The summed E-state index contributed by atoms with van der Waals surface area (Å²) >= 11 is 0. The van der Waals surface area contributed by atoms with Crippen molar-refractivity contribution in [3.05, 3.63) is 114 Å². The van der Waals surface area contributed by atoms with Crippen LogP contribution in [0.5, 0.6) is 5.75 Å². The smallest absolute Gasteiger partial charge is 0.259 e. The number of aromatic hydroxyl groups is 1. The second-order valence-electron chi connectivity index (χ2n) is 8.35. The summed E-state index contributed by atoms with van der Waals surface area (Å²) in [7, 11) is 0. The third kappa shape index (κ3) is 4.64. The van der Waals surface area contributed by atoms with Crippen LogP contribution in [0.2, 0.25) is 0 Å². The first-order valence-electron chi connectivity index (χ1n) is 11.2. The molecule has 35 heavy (non-hydrogen) atoms. The van der Waals surface area contributed by atoms with E-state index in [4.69, 9.17) is 4.74 Å². The van der Waals surface area contributed by atoms with E-state index in [1.165, 1.54) is 24.3 Å². The maximum absolute atomic E-state index is 13.2. The number of β-lactam (4-membered cyclic amide) rings is 1. The number of carbonyl (C=O) groups is 1. The van der Waals surface area contributed by atoms with Gasteiger partial charge in [0, 0.05) is 18.1 Å². The number of nitrogens with zero attached hydrogens (tertiary/aromatic N) is 2. The van der Waals surface area contributed by atoms with E-state index < -0.39 is 24.1 Å². The number of ether oxygens (including phenoxy) is 1. The fourth-order valence-electron chi connectivity index (χ4n) is 4.23. The number of rotatable bonds is 7. The molecule has 0 radical (unpaired) electrons. The fraction of sp³-hybridized carbons (Fsp3) is 0.143. The highest BCUT2D eigenvalue weighted by molar-refractivity contribution is 6.05. The first-order valence-corrected chi connectivity index (χ1v) is 11.2. The van der Waals surface area contributed by atoms with Crippen molar-refractivity contribution in [1.82, 2.24) is 4.98 Å². The van der Waals surface area contributed by atoms with Crippen molar-refractivity contribution in [1.29, 1.82) is 0 Å². The van der Waals surface area contributed by atoms with Crippen LogP contribution in [0, 0.1) is 5.82 Å². The third-order valence-corrected chi connectivity index (χ3v) is 6.11. The highest BCUT2D eigenvalue weighted by Gasteiger charge is 2.50. The Morgan fingerprint density at radius 3 is 2.31 bits per heavy atom. The van der Waals surface area contributed by atoms with Gasteiger partial charge in [-0.1, -0.05) is 42.5 Å². The molecule has 1 amide bonds. The van der Waals surface area contributed by atoms with E-state index in [0.717, 1.165) is 16.7 Å². The molecule has 0 bridgehead atoms. The van der Waals surface area contributed by atoms with Gasteiger partial charge in [0.25, 0.3) is 5.91 Å². The number of benzene rings is 3. The summed E-state index contributed by atoms with van der Waals surface area (Å²) in [5, 5.41) is 20.2. The van der Waals surface area contributed by atoms with E-state index in [1.807, 2.05) is 36.4 Å². The highest BCUT2D eigenvalue weighted by Crippen LogP contribution is 2.42. The molecule has 176 valence electrons. The van der Waals surface area contributed by atoms with Gasteiger partial charge in [-0.2, -0.15) is 0 Å². The zero-order chi connectivity index (χ0) is 24.4. The minimum absolute atomic E-state index is 0.121. The van der Waals surface area contributed by atoms with Gasteiger partial charge in [-0.25, -0.2) is 4.39 Å². The molecule has 1 saturated heterocycles. The Bertz CT molecular complexity index is 1300. The Hall–Kier alpha value is -4.07. The number of halogens is 1. The highest BCUT2D eigenvalue weighted by atomic mass is 19.1. The summed E-state index contributed by atoms with van der Waals surface area (Å²) in [5.41, 5.74) is 3.95. The first-order chi connectivity index (χ1) is 17.0. The molecule has 6 nitrogen and oxygen atoms in total. The van der Waals surface area contributed by atoms with Crippen LogP contribution in [0.1, 0.15) is 23.3 Å². The van der Waals surface area contributed by atoms with Crippen LogP contribution in [-0.4, -0.2) is 33.8 Å². The largest absolute Gasteiger partial charge is 0.508 e. The zero-order valence-corrected chi connectivity index (χ0v) is 18.7. The van der Waals surface area contributed by atoms with E-state index in [2.05, 4.69) is 4.98 Å². The van der Waals surface area contributed by atoms with Gasteiger partial charge in [0.1, 0.15) is 17.7 Å². The Balaban J connectivity index is 1.37. The number of hydrogen-bond donors (Lipinski definition) is 2. The summed E-state index contributed by atoms with van der Waals surface area (Å²) < 4.78 is 19.1. The van der Waals surface area contributed by atoms with E-state index in [1.54, 1.807) is 41.6 Å². The van der Waals surface area contributed by atoms with Crippen LogP contribution in [0.25, 0.3) is 11.1 Å². The Morgan fingerprint density at radius 2 is 1.66 bits per heavy atom. The van der Waals surface area contributed by atoms with Crippen LogP contribution in [0.15, 0.2) is 97.3 Å². The molecule has 2 heterocycles. The van der Waals surface area contributed by atoms with Crippen LogP contribution in [0.3, 0.4) is 0 Å². The van der Waals surface area contributed by atoms with Gasteiger partial charge >= 0.3 is 0 Å². The maximum atomic E-state index is 13.2. The SMILES string of the molecule is O=C1[C@H](OC[C@H](O)c2ccc(F)cc2)[C@@H](c2ccc(O)cc2)N1c1ccc(-c2cccnc2)cc1. The summed E-state index contributed by atoms with van der Waals surface area (Å²) in [6.45, 7) is -0.121. The summed E-state index contributed by atoms with van der Waals surface area (Å²) in [6.07, 6.45) is 1.68. The van der Waals surface area contributed by atoms with E-state index in [9.17, 15) is 19.4 Å². The van der Waals surface area contributed by atoms with Gasteiger partial charge in [-0.05, 0) is 64.7 Å². The van der Waals surface area contributed by atoms with Gasteiger partial charge in [0.15, 0.2) is 6.10 Å². The number of aromatic nitrogens is 1. The molecule has 1 aliphatic heterocycles. The maximum Gasteiger partial charge on any atom is 0.259 e. The molecule has 1 aliphatic rings. The van der Waals surface area contributed by atoms with Crippen LogP contribution < -0.4 is 4.90 Å². The fourth-order valence-corrected chi connectivity index (χ4v) is 4.23. The van der Waals surface area contributed by atoms with Crippen LogP contribution in [0.4, 0.5) is 10.1 Å². The molecule has 0 aliphatic carbocycles. The number of aliphatic hydroxyl groups excluding tert-OH is 1. The van der Waals surface area contributed by atoms with Crippen LogP contribution >= 0.6 is 0 Å². The van der Waals surface area contributed by atoms with Gasteiger partial charge in [0.2, 0.25) is 0 Å². The first kappa shape index (κ1) is 22.7. The summed E-state index contributed by atoms with van der Waals surface area (Å²) in [4.78, 5) is 19.0. The van der Waals surface area contributed by atoms with Gasteiger partial charge in [0.05, 0.1) is 12.6 Å². The molecule has 0 unspecified atom stereocenters. The van der Waals surface area contributed by atoms with E-state index in [-0.39, 0.29) is 18.3 Å². The van der Waals surface area contributed by atoms with Crippen molar-refractivity contribution in [3.8, 4) is 16.9 Å². The van der Waals surface area contributed by atoms with Gasteiger partial charge in [-0.15, -0.1) is 0 Å². The van der Waals surface area contributed by atoms with Gasteiger partial charge in [-0.3, -0.25) is 14.7 Å². The number of phenols is 1. The topological polar surface area (TPSA) is 82.9 Å². The molecular formula is C28H23FN2O4. The lowest BCUT2D eigenvalue weighted by molar-refractivity contribution is -0.145. The molecule has 5 rings (SSSR count). The predicted octanol–water partition coefficient (Wildman–Crippen LogP) is 4.80. The van der Waals surface area contributed by atoms with Crippen molar-refractivity contribution in [3.63, 3.8) is 0 Å². The zero-order valence-electron chi connectivity index (χ0n) is 18.7. The molecular weight excluding hydrogens is 447 g/mol. The van der Waals surface area contributed by atoms with E-state index in [0.29, 0.717) is 11.3 Å². The van der Waals surface area contributed by atoms with Crippen molar-refractivity contribution in [2.45, 2.75) is 18.2 Å². The summed E-state index contributed by atoms with van der Waals surface area (Å²) in [6, 6.07) is 23.1. The quantitative estimate of drug-likeness (QED) is 0.379. The average Bonchev–Trinajstić information content (AvgIpc) is 2.89. The second kappa shape index (κ2) is 9.66. The number of carbonyl (C=O) groups excluding carboxylic acids is 1. The lowest BCUT2D eigenvalue weighted by Crippen LogP contribution is -2.60. The third-order valence-electron chi connectivity index (χ3n) is 6.11. The monoisotopic (exact) mass is 470 g/mol. The van der Waals surface area contributed by atoms with Crippen molar-refractivity contribution >= 4 is 11.6 Å². The minimum atomic E-state index is -1.00. The lowest BCUT2D eigenvalue weighted by Gasteiger charge is -2.47. The number of phenolic OH excluding ortho intramolecular Hbond substituents is 1. The molecule has 0 spiro atoms. The van der Waals surface area contributed by atoms with E-state index >= 15 is 0 Å². The summed E-state index contributed by atoms with van der Waals surface area (Å²) in [5.74, 6) is -0.506. The number of pyridine rings is 1. The Kier molecular flexibility index (Phi) is 6.27. The van der Waals surface area contributed by atoms with Gasteiger partial charge < -0.3 is 14.9 Å². The molecule has 1 fully saturated rings. The van der Waals surface area contributed by atoms with Crippen molar-refractivity contribution < 1.29 is 24.1 Å². The Morgan fingerprint density at radius 1 is 0.943 bits per heavy atom. The lowest BCUT2D eigenvalue weighted by atomic mass is 9.89. The number of anilines is 1.